The summed E-state index contributed by atoms with van der Waals surface area (Å²) in [6.45, 7) is 5.21. The van der Waals surface area contributed by atoms with Crippen LogP contribution in [0.3, 0.4) is 0 Å². The normalized spacial score (nSPS) is 11.4. The third-order valence-corrected chi connectivity index (χ3v) is 2.33. The molecule has 0 fully saturated rings. The molecule has 0 bridgehead atoms. The van der Waals surface area contributed by atoms with Crippen molar-refractivity contribution in [2.75, 3.05) is 0 Å². The number of hydrogen-bond donors (Lipinski definition) is 3. The number of benzene rings is 1. The molecule has 1 amide bonds. The summed E-state index contributed by atoms with van der Waals surface area (Å²) in [6.07, 6.45) is 5.15. The summed E-state index contributed by atoms with van der Waals surface area (Å²) in [7, 11) is -1.54. The standard InChI is InChI=1S/C13H15BN2O3/c1-3-4-5-12(15-2)16-13(17)10-6-8-11(9-7-10)14(18)19/h3-9,18-19H,2H2,1H3,(H,16,17)/b4-3-,12-5+. The van der Waals surface area contributed by atoms with Gasteiger partial charge in [0.1, 0.15) is 5.82 Å². The van der Waals surface area contributed by atoms with Crippen molar-refractivity contribution in [1.82, 2.24) is 5.32 Å². The summed E-state index contributed by atoms with van der Waals surface area (Å²) in [5, 5.41) is 20.5. The molecule has 0 saturated heterocycles. The molecule has 0 spiro atoms. The average molecular weight is 258 g/mol. The number of allylic oxidation sites excluding steroid dienone is 3. The van der Waals surface area contributed by atoms with Crippen LogP contribution >= 0.6 is 0 Å². The predicted octanol–water partition coefficient (Wildman–Crippen LogP) is 0.214. The summed E-state index contributed by atoms with van der Waals surface area (Å²) in [5.74, 6) is -0.00324. The zero-order valence-corrected chi connectivity index (χ0v) is 10.6. The Kier molecular flexibility index (Phi) is 5.72. The molecular weight excluding hydrogens is 243 g/mol. The van der Waals surface area contributed by atoms with Crippen molar-refractivity contribution in [2.24, 2.45) is 4.99 Å². The Bertz CT molecular complexity index is 507. The summed E-state index contributed by atoms with van der Waals surface area (Å²) in [4.78, 5) is 15.6. The molecule has 0 radical (unpaired) electrons. The number of carbonyl (C=O) groups is 1. The Labute approximate surface area is 112 Å². The lowest BCUT2D eigenvalue weighted by molar-refractivity contribution is 0.0965. The second-order valence-corrected chi connectivity index (χ2v) is 3.69. The number of hydrogen-bond acceptors (Lipinski definition) is 4. The Hall–Kier alpha value is -2.18. The first-order valence-corrected chi connectivity index (χ1v) is 5.65. The molecule has 1 aromatic rings. The molecule has 0 aliphatic heterocycles. The number of rotatable bonds is 5. The summed E-state index contributed by atoms with van der Waals surface area (Å²) in [6, 6.07) is 5.94. The van der Waals surface area contributed by atoms with Gasteiger partial charge in [0.05, 0.1) is 0 Å². The lowest BCUT2D eigenvalue weighted by atomic mass is 9.80. The third kappa shape index (κ3) is 4.54. The number of nitrogens with one attached hydrogen (secondary N) is 1. The van der Waals surface area contributed by atoms with Gasteiger partial charge in [0, 0.05) is 5.56 Å². The summed E-state index contributed by atoms with van der Waals surface area (Å²) in [5.41, 5.74) is 0.711. The van der Waals surface area contributed by atoms with E-state index in [2.05, 4.69) is 17.0 Å². The van der Waals surface area contributed by atoms with E-state index in [-0.39, 0.29) is 5.91 Å². The molecule has 1 rings (SSSR count). The van der Waals surface area contributed by atoms with Gasteiger partial charge in [-0.2, -0.15) is 0 Å². The molecule has 3 N–H and O–H groups in total. The molecule has 19 heavy (non-hydrogen) atoms. The van der Waals surface area contributed by atoms with Crippen LogP contribution < -0.4 is 10.8 Å². The molecule has 0 aliphatic carbocycles. The minimum Gasteiger partial charge on any atom is -0.423 e. The van der Waals surface area contributed by atoms with Gasteiger partial charge in [-0.25, -0.2) is 4.99 Å². The minimum absolute atomic E-state index is 0.322. The number of nitrogens with zero attached hydrogens (tertiary/aromatic N) is 1. The van der Waals surface area contributed by atoms with E-state index >= 15 is 0 Å². The predicted molar refractivity (Wildman–Crippen MR) is 76.2 cm³/mol. The van der Waals surface area contributed by atoms with E-state index in [1.165, 1.54) is 24.3 Å². The Balaban J connectivity index is 2.80. The van der Waals surface area contributed by atoms with Crippen LogP contribution in [0.2, 0.25) is 0 Å². The van der Waals surface area contributed by atoms with Crippen LogP contribution in [0, 0.1) is 0 Å². The van der Waals surface area contributed by atoms with Crippen molar-refractivity contribution in [1.29, 1.82) is 0 Å². The van der Waals surface area contributed by atoms with Crippen LogP contribution in [0.5, 0.6) is 0 Å². The van der Waals surface area contributed by atoms with Gasteiger partial charge in [0.25, 0.3) is 5.91 Å². The second kappa shape index (κ2) is 7.30. The van der Waals surface area contributed by atoms with E-state index in [9.17, 15) is 4.79 Å². The highest BCUT2D eigenvalue weighted by Crippen LogP contribution is 2.00. The first kappa shape index (κ1) is 14.9. The third-order valence-electron chi connectivity index (χ3n) is 2.33. The van der Waals surface area contributed by atoms with Crippen LogP contribution in [-0.4, -0.2) is 29.8 Å². The Morgan fingerprint density at radius 1 is 1.37 bits per heavy atom. The highest BCUT2D eigenvalue weighted by atomic mass is 16.4. The molecule has 0 aliphatic rings. The maximum atomic E-state index is 11.9. The van der Waals surface area contributed by atoms with Crippen molar-refractivity contribution in [3.05, 3.63) is 53.9 Å². The van der Waals surface area contributed by atoms with Crippen molar-refractivity contribution < 1.29 is 14.8 Å². The van der Waals surface area contributed by atoms with Gasteiger partial charge < -0.3 is 15.4 Å². The van der Waals surface area contributed by atoms with Crippen LogP contribution in [0.15, 0.2) is 53.3 Å². The van der Waals surface area contributed by atoms with Gasteiger partial charge in [0.2, 0.25) is 0 Å². The van der Waals surface area contributed by atoms with E-state index in [0.717, 1.165) is 0 Å². The van der Waals surface area contributed by atoms with Crippen LogP contribution in [0.4, 0.5) is 0 Å². The van der Waals surface area contributed by atoms with Crippen LogP contribution in [0.25, 0.3) is 0 Å². The first-order valence-electron chi connectivity index (χ1n) is 5.65. The number of aliphatic imine (C=N–C) groups is 1. The van der Waals surface area contributed by atoms with E-state index in [1.807, 2.05) is 6.92 Å². The molecule has 0 saturated carbocycles. The van der Waals surface area contributed by atoms with Gasteiger partial charge >= 0.3 is 7.12 Å². The molecular formula is C13H15BN2O3. The zero-order chi connectivity index (χ0) is 14.3. The van der Waals surface area contributed by atoms with Crippen molar-refractivity contribution in [3.63, 3.8) is 0 Å². The molecule has 0 unspecified atom stereocenters. The Morgan fingerprint density at radius 2 is 2.00 bits per heavy atom. The van der Waals surface area contributed by atoms with E-state index in [4.69, 9.17) is 10.0 Å². The fourth-order valence-corrected chi connectivity index (χ4v) is 1.32. The zero-order valence-electron chi connectivity index (χ0n) is 10.6. The van der Waals surface area contributed by atoms with Crippen molar-refractivity contribution >= 4 is 25.2 Å². The molecule has 6 heteroatoms. The molecule has 0 atom stereocenters. The van der Waals surface area contributed by atoms with Crippen LogP contribution in [-0.2, 0) is 0 Å². The van der Waals surface area contributed by atoms with Crippen molar-refractivity contribution in [3.8, 4) is 0 Å². The smallest absolute Gasteiger partial charge is 0.423 e. The lowest BCUT2D eigenvalue weighted by Crippen LogP contribution is -2.30. The maximum absolute atomic E-state index is 11.9. The molecule has 1 aromatic carbocycles. The highest BCUT2D eigenvalue weighted by Gasteiger charge is 2.12. The topological polar surface area (TPSA) is 81.9 Å². The molecule has 98 valence electrons. The fraction of sp³-hybridized carbons (Fsp3) is 0.0769. The van der Waals surface area contributed by atoms with Gasteiger partial charge in [-0.1, -0.05) is 24.3 Å². The van der Waals surface area contributed by atoms with E-state index in [1.54, 1.807) is 18.2 Å². The maximum Gasteiger partial charge on any atom is 0.488 e. The van der Waals surface area contributed by atoms with Gasteiger partial charge in [0.15, 0.2) is 0 Å². The second-order valence-electron chi connectivity index (χ2n) is 3.69. The quantitative estimate of drug-likeness (QED) is 0.401. The van der Waals surface area contributed by atoms with Crippen LogP contribution in [0.1, 0.15) is 17.3 Å². The summed E-state index contributed by atoms with van der Waals surface area (Å²) >= 11 is 0. The number of carbonyl (C=O) groups excluding carboxylic acids is 1. The molecule has 0 aromatic heterocycles. The number of amides is 1. The minimum atomic E-state index is -1.54. The van der Waals surface area contributed by atoms with Gasteiger partial charge in [-0.3, -0.25) is 4.79 Å². The van der Waals surface area contributed by atoms with E-state index in [0.29, 0.717) is 16.8 Å². The Morgan fingerprint density at radius 3 is 2.47 bits per heavy atom. The van der Waals surface area contributed by atoms with Gasteiger partial charge in [-0.05, 0) is 37.3 Å². The first-order chi connectivity index (χ1) is 9.08. The van der Waals surface area contributed by atoms with Gasteiger partial charge in [-0.15, -0.1) is 0 Å². The highest BCUT2D eigenvalue weighted by molar-refractivity contribution is 6.58. The van der Waals surface area contributed by atoms with E-state index < -0.39 is 7.12 Å². The lowest BCUT2D eigenvalue weighted by Gasteiger charge is -2.05. The molecule has 0 heterocycles. The monoisotopic (exact) mass is 258 g/mol. The fourth-order valence-electron chi connectivity index (χ4n) is 1.32. The van der Waals surface area contributed by atoms with Crippen molar-refractivity contribution in [2.45, 2.75) is 6.92 Å². The largest absolute Gasteiger partial charge is 0.488 e. The molecule has 5 nitrogen and oxygen atoms in total. The SMILES string of the molecule is C=N/C(=C\C=C/C)NC(=O)c1ccc(B(O)O)cc1. The summed E-state index contributed by atoms with van der Waals surface area (Å²) < 4.78 is 0. The average Bonchev–Trinajstić information content (AvgIpc) is 2.43.